The summed E-state index contributed by atoms with van der Waals surface area (Å²) in [5.41, 5.74) is 1.37. The van der Waals surface area contributed by atoms with Crippen LogP contribution in [0.1, 0.15) is 31.1 Å². The predicted octanol–water partition coefficient (Wildman–Crippen LogP) is 3.19. The third-order valence-electron chi connectivity index (χ3n) is 3.73. The minimum absolute atomic E-state index is 0.177. The van der Waals surface area contributed by atoms with Gasteiger partial charge in [0.15, 0.2) is 6.10 Å². The molecule has 6 heteroatoms. The molecule has 6 nitrogen and oxygen atoms in total. The number of aliphatic hydroxyl groups excluding tert-OH is 1. The molecule has 0 fully saturated rings. The maximum Gasteiger partial charge on any atom is 0.335 e. The summed E-state index contributed by atoms with van der Waals surface area (Å²) in [6.45, 7) is 4.42. The molecule has 2 atom stereocenters. The fourth-order valence-corrected chi connectivity index (χ4v) is 2.51. The van der Waals surface area contributed by atoms with Gasteiger partial charge in [-0.15, -0.1) is 0 Å². The SMILES string of the molecule is CCOc1cc(OCc2ccccc2)ccc1C(O)C(OCC)C(=O)O. The second-order valence-electron chi connectivity index (χ2n) is 5.57. The first-order valence-corrected chi connectivity index (χ1v) is 8.52. The van der Waals surface area contributed by atoms with E-state index in [1.165, 1.54) is 0 Å². The topological polar surface area (TPSA) is 85.2 Å². The van der Waals surface area contributed by atoms with E-state index >= 15 is 0 Å². The van der Waals surface area contributed by atoms with Crippen molar-refractivity contribution in [3.63, 3.8) is 0 Å². The van der Waals surface area contributed by atoms with Crippen molar-refractivity contribution < 1.29 is 29.2 Å². The molecule has 26 heavy (non-hydrogen) atoms. The van der Waals surface area contributed by atoms with Crippen LogP contribution in [0.15, 0.2) is 48.5 Å². The number of carbonyl (C=O) groups is 1. The van der Waals surface area contributed by atoms with Crippen molar-refractivity contribution in [2.75, 3.05) is 13.2 Å². The number of aliphatic hydroxyl groups is 1. The zero-order valence-corrected chi connectivity index (χ0v) is 14.9. The molecule has 2 aromatic rings. The van der Waals surface area contributed by atoms with Crippen LogP contribution in [0.4, 0.5) is 0 Å². The summed E-state index contributed by atoms with van der Waals surface area (Å²) in [5, 5.41) is 19.7. The van der Waals surface area contributed by atoms with Gasteiger partial charge in [0.2, 0.25) is 0 Å². The number of aliphatic carboxylic acids is 1. The molecule has 0 aliphatic carbocycles. The van der Waals surface area contributed by atoms with Crippen LogP contribution in [0, 0.1) is 0 Å². The Balaban J connectivity index is 2.20. The zero-order valence-electron chi connectivity index (χ0n) is 14.9. The van der Waals surface area contributed by atoms with E-state index in [0.29, 0.717) is 30.3 Å². The van der Waals surface area contributed by atoms with Crippen molar-refractivity contribution in [2.45, 2.75) is 32.7 Å². The fourth-order valence-electron chi connectivity index (χ4n) is 2.51. The van der Waals surface area contributed by atoms with Crippen LogP contribution in [0.2, 0.25) is 0 Å². The second kappa shape index (κ2) is 9.79. The van der Waals surface area contributed by atoms with E-state index in [1.54, 1.807) is 25.1 Å². The summed E-state index contributed by atoms with van der Waals surface area (Å²) in [5.74, 6) is -0.292. The number of hydrogen-bond donors (Lipinski definition) is 2. The molecule has 0 heterocycles. The summed E-state index contributed by atoms with van der Waals surface area (Å²) in [7, 11) is 0. The Labute approximate surface area is 152 Å². The van der Waals surface area contributed by atoms with Gasteiger partial charge >= 0.3 is 5.97 Å². The summed E-state index contributed by atoms with van der Waals surface area (Å²) in [6.07, 6.45) is -2.72. The van der Waals surface area contributed by atoms with Crippen molar-refractivity contribution in [2.24, 2.45) is 0 Å². The molecule has 0 aliphatic rings. The van der Waals surface area contributed by atoms with Gasteiger partial charge in [-0.05, 0) is 31.5 Å². The maximum absolute atomic E-state index is 11.3. The van der Waals surface area contributed by atoms with Crippen molar-refractivity contribution >= 4 is 5.97 Å². The van der Waals surface area contributed by atoms with E-state index < -0.39 is 18.2 Å². The quantitative estimate of drug-likeness (QED) is 0.677. The van der Waals surface area contributed by atoms with E-state index in [1.807, 2.05) is 37.3 Å². The highest BCUT2D eigenvalue weighted by molar-refractivity contribution is 5.73. The van der Waals surface area contributed by atoms with Gasteiger partial charge in [-0.2, -0.15) is 0 Å². The fraction of sp³-hybridized carbons (Fsp3) is 0.350. The van der Waals surface area contributed by atoms with E-state index in [0.717, 1.165) is 5.56 Å². The molecule has 0 bridgehead atoms. The molecule has 0 spiro atoms. The van der Waals surface area contributed by atoms with Crippen LogP contribution in [-0.4, -0.2) is 35.5 Å². The van der Waals surface area contributed by atoms with Gasteiger partial charge in [0, 0.05) is 18.2 Å². The van der Waals surface area contributed by atoms with Crippen LogP contribution in [0.25, 0.3) is 0 Å². The highest BCUT2D eigenvalue weighted by atomic mass is 16.5. The molecule has 0 saturated heterocycles. The largest absolute Gasteiger partial charge is 0.493 e. The number of carboxylic acid groups (broad SMARTS) is 1. The number of hydrogen-bond acceptors (Lipinski definition) is 5. The lowest BCUT2D eigenvalue weighted by atomic mass is 10.0. The zero-order chi connectivity index (χ0) is 18.9. The smallest absolute Gasteiger partial charge is 0.335 e. The van der Waals surface area contributed by atoms with Gasteiger partial charge in [0.1, 0.15) is 24.2 Å². The van der Waals surface area contributed by atoms with Crippen LogP contribution in [0.3, 0.4) is 0 Å². The summed E-state index contributed by atoms with van der Waals surface area (Å²) in [6, 6.07) is 14.6. The van der Waals surface area contributed by atoms with Gasteiger partial charge in [-0.25, -0.2) is 4.79 Å². The molecule has 2 rings (SSSR count). The maximum atomic E-state index is 11.3. The first kappa shape index (κ1) is 19.8. The Hall–Kier alpha value is -2.57. The Morgan fingerprint density at radius 1 is 1.04 bits per heavy atom. The van der Waals surface area contributed by atoms with Crippen LogP contribution in [0.5, 0.6) is 11.5 Å². The minimum Gasteiger partial charge on any atom is -0.493 e. The average molecular weight is 360 g/mol. The minimum atomic E-state index is -1.37. The van der Waals surface area contributed by atoms with Crippen molar-refractivity contribution in [1.82, 2.24) is 0 Å². The number of carboxylic acids is 1. The Bertz CT molecular complexity index is 701. The monoisotopic (exact) mass is 360 g/mol. The second-order valence-corrected chi connectivity index (χ2v) is 5.57. The first-order valence-electron chi connectivity index (χ1n) is 8.52. The van der Waals surface area contributed by atoms with Crippen molar-refractivity contribution in [3.8, 4) is 11.5 Å². The Morgan fingerprint density at radius 2 is 1.77 bits per heavy atom. The molecule has 0 saturated carbocycles. The molecular weight excluding hydrogens is 336 g/mol. The van der Waals surface area contributed by atoms with Gasteiger partial charge in [-0.3, -0.25) is 0 Å². The van der Waals surface area contributed by atoms with Gasteiger partial charge in [0.05, 0.1) is 6.61 Å². The molecule has 0 aliphatic heterocycles. The standard InChI is InChI=1S/C20H24O6/c1-3-24-17-12-15(26-13-14-8-6-5-7-9-14)10-11-16(17)18(21)19(20(22)23)25-4-2/h5-12,18-19,21H,3-4,13H2,1-2H3,(H,22,23). The van der Waals surface area contributed by atoms with Crippen molar-refractivity contribution in [3.05, 3.63) is 59.7 Å². The summed E-state index contributed by atoms with van der Waals surface area (Å²) < 4.78 is 16.5. The third-order valence-corrected chi connectivity index (χ3v) is 3.73. The number of rotatable bonds is 10. The summed E-state index contributed by atoms with van der Waals surface area (Å²) >= 11 is 0. The molecule has 2 unspecified atom stereocenters. The lowest BCUT2D eigenvalue weighted by Gasteiger charge is -2.22. The van der Waals surface area contributed by atoms with E-state index in [2.05, 4.69) is 0 Å². The molecule has 0 aromatic heterocycles. The average Bonchev–Trinajstić information content (AvgIpc) is 2.65. The highest BCUT2D eigenvalue weighted by Crippen LogP contribution is 2.32. The normalized spacial score (nSPS) is 13.0. The molecule has 2 aromatic carbocycles. The Morgan fingerprint density at radius 3 is 2.38 bits per heavy atom. The van der Waals surface area contributed by atoms with Crippen molar-refractivity contribution in [1.29, 1.82) is 0 Å². The highest BCUT2D eigenvalue weighted by Gasteiger charge is 2.30. The lowest BCUT2D eigenvalue weighted by molar-refractivity contribution is -0.158. The van der Waals surface area contributed by atoms with Gasteiger partial charge in [0.25, 0.3) is 0 Å². The van der Waals surface area contributed by atoms with Gasteiger partial charge in [-0.1, -0.05) is 30.3 Å². The predicted molar refractivity (Wildman–Crippen MR) is 96.4 cm³/mol. The van der Waals surface area contributed by atoms with E-state index in [9.17, 15) is 15.0 Å². The van der Waals surface area contributed by atoms with E-state index in [4.69, 9.17) is 14.2 Å². The number of ether oxygens (including phenoxy) is 3. The van der Waals surface area contributed by atoms with Crippen LogP contribution in [-0.2, 0) is 16.1 Å². The van der Waals surface area contributed by atoms with Crippen LogP contribution >= 0.6 is 0 Å². The van der Waals surface area contributed by atoms with E-state index in [-0.39, 0.29) is 6.61 Å². The third kappa shape index (κ3) is 5.21. The number of benzene rings is 2. The van der Waals surface area contributed by atoms with Gasteiger partial charge < -0.3 is 24.4 Å². The lowest BCUT2D eigenvalue weighted by Crippen LogP contribution is -2.31. The summed E-state index contributed by atoms with van der Waals surface area (Å²) in [4.78, 5) is 11.3. The molecule has 140 valence electrons. The molecule has 0 amide bonds. The van der Waals surface area contributed by atoms with Crippen LogP contribution < -0.4 is 9.47 Å². The molecular formula is C20H24O6. The first-order chi connectivity index (χ1) is 12.6. The molecule has 2 N–H and O–H groups in total. The Kier molecular flexibility index (Phi) is 7.44. The molecule has 0 radical (unpaired) electrons.